The van der Waals surface area contributed by atoms with E-state index in [1.54, 1.807) is 11.1 Å². The van der Waals surface area contributed by atoms with Crippen LogP contribution >= 0.6 is 0 Å². The predicted molar refractivity (Wildman–Crippen MR) is 40.2 cm³/mol. The second kappa shape index (κ2) is 2.45. The molecule has 2 heteroatoms. The van der Waals surface area contributed by atoms with Crippen molar-refractivity contribution in [2.45, 2.75) is 13.8 Å². The molecular formula is C8H13NO. The minimum absolute atomic E-state index is 0.179. The van der Waals surface area contributed by atoms with Gasteiger partial charge in [-0.3, -0.25) is 4.79 Å². The fraction of sp³-hybridized carbons (Fsp3) is 0.625. The summed E-state index contributed by atoms with van der Waals surface area (Å²) in [5.41, 5.74) is 0. The van der Waals surface area contributed by atoms with Gasteiger partial charge in [-0.2, -0.15) is 0 Å². The van der Waals surface area contributed by atoms with Gasteiger partial charge in [-0.1, -0.05) is 20.4 Å². The predicted octanol–water partition coefficient (Wildman–Crippen LogP) is 1.24. The summed E-state index contributed by atoms with van der Waals surface area (Å²) in [6.07, 6.45) is 1.61. The van der Waals surface area contributed by atoms with Crippen LogP contribution < -0.4 is 0 Å². The molecule has 1 amide bonds. The van der Waals surface area contributed by atoms with Crippen molar-refractivity contribution >= 4 is 5.91 Å². The Morgan fingerprint density at radius 3 is 2.50 bits per heavy atom. The van der Waals surface area contributed by atoms with Crippen LogP contribution in [0.5, 0.6) is 0 Å². The first kappa shape index (κ1) is 7.32. The molecule has 0 spiro atoms. The lowest BCUT2D eigenvalue weighted by Crippen LogP contribution is -2.19. The van der Waals surface area contributed by atoms with E-state index in [9.17, 15) is 4.79 Å². The molecule has 10 heavy (non-hydrogen) atoms. The van der Waals surface area contributed by atoms with Gasteiger partial charge < -0.3 is 4.90 Å². The molecule has 56 valence electrons. The molecule has 2 nitrogen and oxygen atoms in total. The largest absolute Gasteiger partial charge is 0.319 e. The van der Waals surface area contributed by atoms with Crippen LogP contribution in [0, 0.1) is 11.8 Å². The SMILES string of the molecule is C=CN1CC(C)C(C)C1=O. The zero-order valence-corrected chi connectivity index (χ0v) is 6.50. The van der Waals surface area contributed by atoms with Gasteiger partial charge in [0.05, 0.1) is 0 Å². The maximum absolute atomic E-state index is 11.2. The summed E-state index contributed by atoms with van der Waals surface area (Å²) in [6, 6.07) is 0. The zero-order valence-electron chi connectivity index (χ0n) is 6.50. The van der Waals surface area contributed by atoms with Crippen LogP contribution in [-0.4, -0.2) is 17.4 Å². The summed E-state index contributed by atoms with van der Waals surface area (Å²) in [5, 5.41) is 0. The molecule has 2 atom stereocenters. The Labute approximate surface area is 61.5 Å². The number of hydrogen-bond acceptors (Lipinski definition) is 1. The number of nitrogens with zero attached hydrogens (tertiary/aromatic N) is 1. The molecule has 0 aromatic heterocycles. The number of carbonyl (C=O) groups is 1. The van der Waals surface area contributed by atoms with Gasteiger partial charge in [0.15, 0.2) is 0 Å². The van der Waals surface area contributed by atoms with E-state index in [2.05, 4.69) is 13.5 Å². The van der Waals surface area contributed by atoms with Crippen molar-refractivity contribution < 1.29 is 4.79 Å². The van der Waals surface area contributed by atoms with Crippen molar-refractivity contribution in [2.24, 2.45) is 11.8 Å². The van der Waals surface area contributed by atoms with Gasteiger partial charge in [0, 0.05) is 12.5 Å². The van der Waals surface area contributed by atoms with Crippen LogP contribution in [-0.2, 0) is 4.79 Å². The average Bonchev–Trinajstić information content (AvgIpc) is 2.17. The average molecular weight is 139 g/mol. The van der Waals surface area contributed by atoms with Crippen LogP contribution in [0.1, 0.15) is 13.8 Å². The van der Waals surface area contributed by atoms with E-state index in [0.29, 0.717) is 5.92 Å². The van der Waals surface area contributed by atoms with Crippen LogP contribution in [0.15, 0.2) is 12.8 Å². The maximum Gasteiger partial charge on any atom is 0.229 e. The molecule has 0 N–H and O–H groups in total. The van der Waals surface area contributed by atoms with E-state index in [0.717, 1.165) is 6.54 Å². The molecular weight excluding hydrogens is 126 g/mol. The number of amides is 1. The van der Waals surface area contributed by atoms with Gasteiger partial charge in [0.2, 0.25) is 5.91 Å². The second-order valence-corrected chi connectivity index (χ2v) is 2.94. The first-order chi connectivity index (χ1) is 4.66. The van der Waals surface area contributed by atoms with E-state index in [1.165, 1.54) is 0 Å². The number of carbonyl (C=O) groups excluding carboxylic acids is 1. The second-order valence-electron chi connectivity index (χ2n) is 2.94. The van der Waals surface area contributed by atoms with Crippen molar-refractivity contribution in [3.63, 3.8) is 0 Å². The highest BCUT2D eigenvalue weighted by Gasteiger charge is 2.32. The first-order valence-corrected chi connectivity index (χ1v) is 3.60. The molecule has 0 aromatic carbocycles. The molecule has 1 heterocycles. The summed E-state index contributed by atoms with van der Waals surface area (Å²) in [7, 11) is 0. The van der Waals surface area contributed by atoms with Gasteiger partial charge in [-0.15, -0.1) is 0 Å². The summed E-state index contributed by atoms with van der Waals surface area (Å²) >= 11 is 0. The Morgan fingerprint density at radius 1 is 1.70 bits per heavy atom. The third kappa shape index (κ3) is 0.939. The molecule has 1 rings (SSSR count). The summed E-state index contributed by atoms with van der Waals surface area (Å²) in [5.74, 6) is 0.867. The normalized spacial score (nSPS) is 33.0. The lowest BCUT2D eigenvalue weighted by molar-refractivity contribution is -0.128. The van der Waals surface area contributed by atoms with Crippen molar-refractivity contribution in [1.29, 1.82) is 0 Å². The highest BCUT2D eigenvalue weighted by Crippen LogP contribution is 2.23. The Hall–Kier alpha value is -0.790. The van der Waals surface area contributed by atoms with Crippen LogP contribution in [0.25, 0.3) is 0 Å². The highest BCUT2D eigenvalue weighted by atomic mass is 16.2. The number of likely N-dealkylation sites (tertiary alicyclic amines) is 1. The molecule has 0 radical (unpaired) electrons. The Kier molecular flexibility index (Phi) is 1.79. The molecule has 0 saturated carbocycles. The van der Waals surface area contributed by atoms with Gasteiger partial charge in [0.1, 0.15) is 0 Å². The Bertz CT molecular complexity index is 165. The van der Waals surface area contributed by atoms with Crippen LogP contribution in [0.2, 0.25) is 0 Å². The van der Waals surface area contributed by atoms with E-state index >= 15 is 0 Å². The summed E-state index contributed by atoms with van der Waals surface area (Å²) in [4.78, 5) is 12.9. The maximum atomic E-state index is 11.2. The summed E-state index contributed by atoms with van der Waals surface area (Å²) < 4.78 is 0. The number of rotatable bonds is 1. The Balaban J connectivity index is 2.70. The highest BCUT2D eigenvalue weighted by molar-refractivity contribution is 5.81. The van der Waals surface area contributed by atoms with Crippen LogP contribution in [0.3, 0.4) is 0 Å². The molecule has 0 aliphatic carbocycles. The molecule has 0 bridgehead atoms. The van der Waals surface area contributed by atoms with Crippen molar-refractivity contribution in [3.8, 4) is 0 Å². The lowest BCUT2D eigenvalue weighted by Gasteiger charge is -2.07. The monoisotopic (exact) mass is 139 g/mol. The van der Waals surface area contributed by atoms with Crippen molar-refractivity contribution in [3.05, 3.63) is 12.8 Å². The fourth-order valence-electron chi connectivity index (χ4n) is 1.23. The molecule has 1 fully saturated rings. The molecule has 1 aliphatic heterocycles. The molecule has 0 aromatic rings. The standard InChI is InChI=1S/C8H13NO/c1-4-9-5-6(2)7(3)8(9)10/h4,6-7H,1,5H2,2-3H3. The van der Waals surface area contributed by atoms with Crippen molar-refractivity contribution in [2.75, 3.05) is 6.54 Å². The van der Waals surface area contributed by atoms with Gasteiger partial charge in [-0.25, -0.2) is 0 Å². The molecule has 2 unspecified atom stereocenters. The third-order valence-corrected chi connectivity index (χ3v) is 2.23. The van der Waals surface area contributed by atoms with Gasteiger partial charge in [0.25, 0.3) is 0 Å². The zero-order chi connectivity index (χ0) is 7.72. The quantitative estimate of drug-likeness (QED) is 0.535. The third-order valence-electron chi connectivity index (χ3n) is 2.23. The number of hydrogen-bond donors (Lipinski definition) is 0. The first-order valence-electron chi connectivity index (χ1n) is 3.60. The smallest absolute Gasteiger partial charge is 0.229 e. The van der Waals surface area contributed by atoms with Gasteiger partial charge in [-0.05, 0) is 12.1 Å². The van der Waals surface area contributed by atoms with E-state index in [4.69, 9.17) is 0 Å². The minimum Gasteiger partial charge on any atom is -0.319 e. The lowest BCUT2D eigenvalue weighted by atomic mass is 10.0. The minimum atomic E-state index is 0.179. The van der Waals surface area contributed by atoms with Gasteiger partial charge >= 0.3 is 0 Å². The topological polar surface area (TPSA) is 20.3 Å². The molecule has 1 aliphatic rings. The van der Waals surface area contributed by atoms with E-state index in [-0.39, 0.29) is 11.8 Å². The summed E-state index contributed by atoms with van der Waals surface area (Å²) in [6.45, 7) is 8.46. The van der Waals surface area contributed by atoms with Crippen LogP contribution in [0.4, 0.5) is 0 Å². The van der Waals surface area contributed by atoms with E-state index < -0.39 is 0 Å². The van der Waals surface area contributed by atoms with Crippen molar-refractivity contribution in [1.82, 2.24) is 4.90 Å². The molecule has 1 saturated heterocycles. The van der Waals surface area contributed by atoms with E-state index in [1.807, 2.05) is 6.92 Å². The fourth-order valence-corrected chi connectivity index (χ4v) is 1.23. The Morgan fingerprint density at radius 2 is 2.30 bits per heavy atom.